The predicted octanol–water partition coefficient (Wildman–Crippen LogP) is 1.92. The summed E-state index contributed by atoms with van der Waals surface area (Å²) in [5, 5.41) is 0. The van der Waals surface area contributed by atoms with Gasteiger partial charge in [0.25, 0.3) is 0 Å². The summed E-state index contributed by atoms with van der Waals surface area (Å²) >= 11 is 0. The van der Waals surface area contributed by atoms with Crippen LogP contribution in [0.2, 0.25) is 0 Å². The molecule has 0 aliphatic heterocycles. The summed E-state index contributed by atoms with van der Waals surface area (Å²) in [5.74, 6) is 0. The number of rotatable bonds is 8. The molecule has 0 atom stereocenters. The Hall–Kier alpha value is -0.340. The molecule has 0 aromatic heterocycles. The van der Waals surface area contributed by atoms with Crippen molar-refractivity contribution in [3.63, 3.8) is 0 Å². The lowest BCUT2D eigenvalue weighted by Crippen LogP contribution is -2.24. The molecule has 0 aromatic carbocycles. The van der Waals surface area contributed by atoms with E-state index >= 15 is 0 Å². The van der Waals surface area contributed by atoms with Gasteiger partial charge < -0.3 is 9.64 Å². The second-order valence-electron chi connectivity index (χ2n) is 2.74. The van der Waals surface area contributed by atoms with Gasteiger partial charge in [-0.3, -0.25) is 0 Å². The van der Waals surface area contributed by atoms with Crippen molar-refractivity contribution in [2.45, 2.75) is 20.3 Å². The van der Waals surface area contributed by atoms with Gasteiger partial charge in [-0.15, -0.1) is 6.58 Å². The highest BCUT2D eigenvalue weighted by Gasteiger charge is 1.96. The largest absolute Gasteiger partial charge is 0.377 e. The average molecular weight is 171 g/mol. The van der Waals surface area contributed by atoms with Crippen LogP contribution >= 0.6 is 0 Å². The van der Waals surface area contributed by atoms with Gasteiger partial charge in [0.2, 0.25) is 0 Å². The molecule has 0 spiro atoms. The van der Waals surface area contributed by atoms with E-state index in [9.17, 15) is 0 Å². The van der Waals surface area contributed by atoms with Crippen molar-refractivity contribution in [2.75, 3.05) is 32.8 Å². The molecule has 0 heterocycles. The van der Waals surface area contributed by atoms with Crippen molar-refractivity contribution in [2.24, 2.45) is 0 Å². The minimum Gasteiger partial charge on any atom is -0.377 e. The molecule has 0 aromatic rings. The predicted molar refractivity (Wildman–Crippen MR) is 53.4 cm³/mol. The molecule has 0 unspecified atom stereocenters. The first-order valence-electron chi connectivity index (χ1n) is 4.76. The Morgan fingerprint density at radius 1 is 1.33 bits per heavy atom. The molecule has 0 N–H and O–H groups in total. The lowest BCUT2D eigenvalue weighted by molar-refractivity contribution is 0.146. The van der Waals surface area contributed by atoms with Crippen LogP contribution in [0.15, 0.2) is 12.7 Å². The highest BCUT2D eigenvalue weighted by molar-refractivity contribution is 4.63. The summed E-state index contributed by atoms with van der Waals surface area (Å²) in [6, 6.07) is 0. The molecule has 0 rings (SSSR count). The number of nitrogens with zero attached hydrogens (tertiary/aromatic N) is 1. The summed E-state index contributed by atoms with van der Waals surface area (Å²) in [7, 11) is 0. The van der Waals surface area contributed by atoms with E-state index in [2.05, 4.69) is 25.3 Å². The molecule has 0 saturated carbocycles. The molecular weight excluding hydrogens is 150 g/mol. The minimum atomic E-state index is 0.679. The van der Waals surface area contributed by atoms with Crippen molar-refractivity contribution >= 4 is 0 Å². The Labute approximate surface area is 76.2 Å². The fraction of sp³-hybridized carbons (Fsp3) is 0.800. The Bertz CT molecular complexity index is 100. The molecule has 0 amide bonds. The van der Waals surface area contributed by atoms with Crippen molar-refractivity contribution in [3.8, 4) is 0 Å². The van der Waals surface area contributed by atoms with E-state index in [4.69, 9.17) is 4.74 Å². The third-order valence-corrected chi connectivity index (χ3v) is 1.89. The zero-order valence-corrected chi connectivity index (χ0v) is 8.38. The fourth-order valence-corrected chi connectivity index (χ4v) is 1.10. The van der Waals surface area contributed by atoms with Crippen LogP contribution in [-0.4, -0.2) is 37.7 Å². The molecule has 12 heavy (non-hydrogen) atoms. The first-order valence-corrected chi connectivity index (χ1v) is 4.76. The Morgan fingerprint density at radius 3 is 2.50 bits per heavy atom. The van der Waals surface area contributed by atoms with E-state index in [-0.39, 0.29) is 0 Å². The van der Waals surface area contributed by atoms with Gasteiger partial charge >= 0.3 is 0 Å². The zero-order valence-electron chi connectivity index (χ0n) is 8.38. The van der Waals surface area contributed by atoms with Crippen LogP contribution in [0.25, 0.3) is 0 Å². The van der Waals surface area contributed by atoms with Gasteiger partial charge in [0.15, 0.2) is 0 Å². The first-order chi connectivity index (χ1) is 5.85. The van der Waals surface area contributed by atoms with Crippen molar-refractivity contribution in [3.05, 3.63) is 12.7 Å². The van der Waals surface area contributed by atoms with Crippen LogP contribution in [-0.2, 0) is 4.74 Å². The molecule has 0 radical (unpaired) electrons. The Morgan fingerprint density at radius 2 is 2.00 bits per heavy atom. The molecule has 0 aliphatic rings. The van der Waals surface area contributed by atoms with Crippen LogP contribution in [0.5, 0.6) is 0 Å². The first kappa shape index (κ1) is 11.7. The lowest BCUT2D eigenvalue weighted by Gasteiger charge is -2.17. The van der Waals surface area contributed by atoms with E-state index in [1.54, 1.807) is 6.08 Å². The van der Waals surface area contributed by atoms with E-state index < -0.39 is 0 Å². The van der Waals surface area contributed by atoms with E-state index in [0.29, 0.717) is 6.61 Å². The molecular formula is C10H21NO. The standard InChI is InChI=1S/C10H21NO/c1-4-9-12-10-7-8-11(5-2)6-3/h4H,1,5-10H2,2-3H3. The second-order valence-corrected chi connectivity index (χ2v) is 2.74. The van der Waals surface area contributed by atoms with Crippen LogP contribution < -0.4 is 0 Å². The maximum Gasteiger partial charge on any atom is 0.0644 e. The van der Waals surface area contributed by atoms with E-state index in [1.165, 1.54) is 0 Å². The zero-order chi connectivity index (χ0) is 9.23. The summed E-state index contributed by atoms with van der Waals surface area (Å²) in [5.41, 5.74) is 0. The SMILES string of the molecule is C=CCOCCCN(CC)CC. The monoisotopic (exact) mass is 171 g/mol. The highest BCUT2D eigenvalue weighted by Crippen LogP contribution is 1.91. The van der Waals surface area contributed by atoms with Crippen molar-refractivity contribution in [1.82, 2.24) is 4.90 Å². The van der Waals surface area contributed by atoms with Crippen molar-refractivity contribution in [1.29, 1.82) is 0 Å². The molecule has 0 aliphatic carbocycles. The highest BCUT2D eigenvalue weighted by atomic mass is 16.5. The van der Waals surface area contributed by atoms with Crippen molar-refractivity contribution < 1.29 is 4.74 Å². The second kappa shape index (κ2) is 8.75. The summed E-state index contributed by atoms with van der Waals surface area (Å²) in [6.07, 6.45) is 2.91. The Balaban J connectivity index is 3.11. The smallest absolute Gasteiger partial charge is 0.0644 e. The van der Waals surface area contributed by atoms with Gasteiger partial charge in [0.05, 0.1) is 6.61 Å². The maximum atomic E-state index is 5.28. The topological polar surface area (TPSA) is 12.5 Å². The summed E-state index contributed by atoms with van der Waals surface area (Å²) in [4.78, 5) is 2.40. The van der Waals surface area contributed by atoms with Crippen LogP contribution in [0.3, 0.4) is 0 Å². The molecule has 0 bridgehead atoms. The Kier molecular flexibility index (Phi) is 8.51. The normalized spacial score (nSPS) is 10.6. The lowest BCUT2D eigenvalue weighted by atomic mass is 10.4. The van der Waals surface area contributed by atoms with Crippen LogP contribution in [0.4, 0.5) is 0 Å². The third-order valence-electron chi connectivity index (χ3n) is 1.89. The van der Waals surface area contributed by atoms with Crippen LogP contribution in [0.1, 0.15) is 20.3 Å². The quantitative estimate of drug-likeness (QED) is 0.408. The number of hydrogen-bond donors (Lipinski definition) is 0. The molecule has 0 saturated heterocycles. The van der Waals surface area contributed by atoms with E-state index in [0.717, 1.165) is 32.7 Å². The van der Waals surface area contributed by atoms with E-state index in [1.807, 2.05) is 0 Å². The van der Waals surface area contributed by atoms with Crippen LogP contribution in [0, 0.1) is 0 Å². The fourth-order valence-electron chi connectivity index (χ4n) is 1.10. The number of hydrogen-bond acceptors (Lipinski definition) is 2. The molecule has 72 valence electrons. The molecule has 2 heteroatoms. The molecule has 2 nitrogen and oxygen atoms in total. The molecule has 0 fully saturated rings. The van der Waals surface area contributed by atoms with Gasteiger partial charge in [-0.25, -0.2) is 0 Å². The summed E-state index contributed by atoms with van der Waals surface area (Å²) in [6.45, 7) is 12.9. The maximum absolute atomic E-state index is 5.28. The van der Waals surface area contributed by atoms with Gasteiger partial charge in [-0.1, -0.05) is 19.9 Å². The average Bonchev–Trinajstić information content (AvgIpc) is 2.11. The van der Waals surface area contributed by atoms with Gasteiger partial charge in [0.1, 0.15) is 0 Å². The summed E-state index contributed by atoms with van der Waals surface area (Å²) < 4.78 is 5.28. The third kappa shape index (κ3) is 6.38. The van der Waals surface area contributed by atoms with Gasteiger partial charge in [-0.05, 0) is 19.5 Å². The minimum absolute atomic E-state index is 0.679. The van der Waals surface area contributed by atoms with Gasteiger partial charge in [-0.2, -0.15) is 0 Å². The van der Waals surface area contributed by atoms with Gasteiger partial charge in [0, 0.05) is 13.2 Å². The number of ether oxygens (including phenoxy) is 1.